The second-order valence-electron chi connectivity index (χ2n) is 2.41. The number of ether oxygens (including phenoxy) is 1. The Bertz CT molecular complexity index is 284. The number of esters is 1. The molecule has 0 aliphatic carbocycles. The van der Waals surface area contributed by atoms with Crippen molar-refractivity contribution in [1.29, 1.82) is 0 Å². The van der Waals surface area contributed by atoms with Crippen LogP contribution in [-0.4, -0.2) is 39.8 Å². The number of rotatable bonds is 4. The minimum atomic E-state index is -0.470. The molecule has 0 radical (unpaired) electrons. The molecule has 0 fully saturated rings. The minimum absolute atomic E-state index is 0.0560. The number of nitrogens with zero attached hydrogens (tertiary/aromatic N) is 3. The van der Waals surface area contributed by atoms with Gasteiger partial charge >= 0.3 is 5.97 Å². The highest BCUT2D eigenvalue weighted by Gasteiger charge is 2.12. The van der Waals surface area contributed by atoms with Gasteiger partial charge in [0.05, 0.1) is 13.3 Å². The summed E-state index contributed by atoms with van der Waals surface area (Å²) in [5.74, 6) is -0.470. The zero-order valence-corrected chi connectivity index (χ0v) is 7.30. The average molecular weight is 185 g/mol. The molecule has 0 aromatic carbocycles. The Kier molecular flexibility index (Phi) is 3.39. The molecule has 0 spiro atoms. The number of methoxy groups -OCH3 is 1. The van der Waals surface area contributed by atoms with E-state index in [2.05, 4.69) is 15.0 Å². The first-order valence-corrected chi connectivity index (χ1v) is 3.87. The van der Waals surface area contributed by atoms with E-state index >= 15 is 0 Å². The van der Waals surface area contributed by atoms with Crippen LogP contribution in [0.15, 0.2) is 6.20 Å². The number of aromatic nitrogens is 3. The Balaban J connectivity index is 2.71. The summed E-state index contributed by atoms with van der Waals surface area (Å²) in [5, 5.41) is 15.8. The van der Waals surface area contributed by atoms with Crippen molar-refractivity contribution in [2.45, 2.75) is 13.0 Å². The van der Waals surface area contributed by atoms with Crippen LogP contribution in [0.1, 0.15) is 16.9 Å². The Morgan fingerprint density at radius 2 is 2.54 bits per heavy atom. The van der Waals surface area contributed by atoms with Crippen molar-refractivity contribution in [1.82, 2.24) is 15.0 Å². The number of carbonyl (C=O) groups excluding carboxylic acids is 1. The predicted octanol–water partition coefficient (Wildman–Crippen LogP) is -0.553. The van der Waals surface area contributed by atoms with Gasteiger partial charge in [-0.2, -0.15) is 0 Å². The van der Waals surface area contributed by atoms with Crippen LogP contribution in [-0.2, 0) is 11.3 Å². The van der Waals surface area contributed by atoms with Gasteiger partial charge in [0.1, 0.15) is 0 Å². The van der Waals surface area contributed by atoms with E-state index in [0.29, 0.717) is 18.7 Å². The van der Waals surface area contributed by atoms with Crippen molar-refractivity contribution in [2.24, 2.45) is 0 Å². The Labute approximate surface area is 75.1 Å². The largest absolute Gasteiger partial charge is 0.464 e. The van der Waals surface area contributed by atoms with E-state index in [1.807, 2.05) is 0 Å². The fourth-order valence-corrected chi connectivity index (χ4v) is 0.906. The molecule has 6 heteroatoms. The van der Waals surface area contributed by atoms with Crippen LogP contribution in [0.2, 0.25) is 0 Å². The van der Waals surface area contributed by atoms with Crippen molar-refractivity contribution < 1.29 is 14.6 Å². The van der Waals surface area contributed by atoms with Gasteiger partial charge < -0.3 is 9.84 Å². The number of hydrogen-bond acceptors (Lipinski definition) is 5. The van der Waals surface area contributed by atoms with Gasteiger partial charge in [-0.1, -0.05) is 5.21 Å². The lowest BCUT2D eigenvalue weighted by molar-refractivity contribution is 0.0585. The van der Waals surface area contributed by atoms with Crippen molar-refractivity contribution >= 4 is 5.97 Å². The topological polar surface area (TPSA) is 77.2 Å². The molecular formula is C7H11N3O3. The number of carbonyl (C=O) groups is 1. The molecule has 6 nitrogen and oxygen atoms in total. The standard InChI is InChI=1S/C7H11N3O3/c1-13-7(12)6-5-8-9-10(6)3-2-4-11/h5,11H,2-4H2,1H3. The molecule has 13 heavy (non-hydrogen) atoms. The van der Waals surface area contributed by atoms with Gasteiger partial charge in [-0.25, -0.2) is 9.48 Å². The lowest BCUT2D eigenvalue weighted by Crippen LogP contribution is -2.12. The second kappa shape index (κ2) is 4.56. The molecule has 0 bridgehead atoms. The Hall–Kier alpha value is -1.43. The third-order valence-corrected chi connectivity index (χ3v) is 1.54. The fraction of sp³-hybridized carbons (Fsp3) is 0.571. The molecule has 0 unspecified atom stereocenters. The molecular weight excluding hydrogens is 174 g/mol. The molecule has 1 aromatic heterocycles. The van der Waals surface area contributed by atoms with Gasteiger partial charge in [0.15, 0.2) is 5.69 Å². The summed E-state index contributed by atoms with van der Waals surface area (Å²) in [4.78, 5) is 11.1. The maximum absolute atomic E-state index is 11.1. The lowest BCUT2D eigenvalue weighted by Gasteiger charge is -2.02. The van der Waals surface area contributed by atoms with Crippen LogP contribution in [0.25, 0.3) is 0 Å². The van der Waals surface area contributed by atoms with Crippen molar-refractivity contribution in [3.63, 3.8) is 0 Å². The van der Waals surface area contributed by atoms with E-state index < -0.39 is 5.97 Å². The van der Waals surface area contributed by atoms with E-state index in [9.17, 15) is 4.79 Å². The number of aryl methyl sites for hydroxylation is 1. The molecule has 0 saturated heterocycles. The summed E-state index contributed by atoms with van der Waals surface area (Å²) in [6.07, 6.45) is 1.87. The molecule has 0 atom stereocenters. The van der Waals surface area contributed by atoms with Crippen LogP contribution in [0.4, 0.5) is 0 Å². The molecule has 72 valence electrons. The first-order valence-electron chi connectivity index (χ1n) is 3.87. The number of hydrogen-bond donors (Lipinski definition) is 1. The minimum Gasteiger partial charge on any atom is -0.464 e. The van der Waals surface area contributed by atoms with Gasteiger partial charge in [0.2, 0.25) is 0 Å². The predicted molar refractivity (Wildman–Crippen MR) is 43.1 cm³/mol. The molecule has 0 amide bonds. The molecule has 1 N–H and O–H groups in total. The van der Waals surface area contributed by atoms with Gasteiger partial charge in [-0.3, -0.25) is 0 Å². The fourth-order valence-electron chi connectivity index (χ4n) is 0.906. The highest BCUT2D eigenvalue weighted by Crippen LogP contribution is 1.99. The molecule has 0 saturated carbocycles. The molecule has 1 aromatic rings. The first-order chi connectivity index (χ1) is 6.29. The van der Waals surface area contributed by atoms with Crippen LogP contribution in [0.5, 0.6) is 0 Å². The van der Waals surface area contributed by atoms with Crippen molar-refractivity contribution in [3.05, 3.63) is 11.9 Å². The van der Waals surface area contributed by atoms with Crippen molar-refractivity contribution in [2.75, 3.05) is 13.7 Å². The van der Waals surface area contributed by atoms with Crippen molar-refractivity contribution in [3.8, 4) is 0 Å². The summed E-state index contributed by atoms with van der Waals surface area (Å²) in [6.45, 7) is 0.515. The number of aliphatic hydroxyl groups is 1. The van der Waals surface area contributed by atoms with Gasteiger partial charge in [0.25, 0.3) is 0 Å². The Morgan fingerprint density at radius 1 is 1.77 bits per heavy atom. The summed E-state index contributed by atoms with van der Waals surface area (Å²) in [6, 6.07) is 0. The van der Waals surface area contributed by atoms with E-state index in [1.54, 1.807) is 0 Å². The molecule has 0 aliphatic rings. The monoisotopic (exact) mass is 185 g/mol. The number of aliphatic hydroxyl groups excluding tert-OH is 1. The summed E-state index contributed by atoms with van der Waals surface area (Å²) in [5.41, 5.74) is 0.302. The molecule has 1 rings (SSSR count). The van der Waals surface area contributed by atoms with Crippen LogP contribution in [0, 0.1) is 0 Å². The Morgan fingerprint density at radius 3 is 3.15 bits per heavy atom. The lowest BCUT2D eigenvalue weighted by atomic mass is 10.4. The third kappa shape index (κ3) is 2.25. The highest BCUT2D eigenvalue weighted by molar-refractivity contribution is 5.86. The van der Waals surface area contributed by atoms with Gasteiger partial charge in [0, 0.05) is 13.2 Å². The molecule has 0 aliphatic heterocycles. The second-order valence-corrected chi connectivity index (χ2v) is 2.41. The van der Waals surface area contributed by atoms with Crippen LogP contribution < -0.4 is 0 Å². The first kappa shape index (κ1) is 9.66. The van der Waals surface area contributed by atoms with Crippen LogP contribution in [0.3, 0.4) is 0 Å². The quantitative estimate of drug-likeness (QED) is 0.636. The van der Waals surface area contributed by atoms with E-state index in [-0.39, 0.29) is 6.61 Å². The normalized spacial score (nSPS) is 10.0. The third-order valence-electron chi connectivity index (χ3n) is 1.54. The summed E-state index contributed by atoms with van der Waals surface area (Å²) < 4.78 is 5.92. The van der Waals surface area contributed by atoms with E-state index in [1.165, 1.54) is 18.0 Å². The van der Waals surface area contributed by atoms with E-state index in [4.69, 9.17) is 5.11 Å². The summed E-state index contributed by atoms with van der Waals surface area (Å²) in [7, 11) is 1.30. The average Bonchev–Trinajstić information content (AvgIpc) is 2.61. The molecule has 1 heterocycles. The highest BCUT2D eigenvalue weighted by atomic mass is 16.5. The zero-order chi connectivity index (χ0) is 9.68. The SMILES string of the molecule is COC(=O)c1cnnn1CCCO. The smallest absolute Gasteiger partial charge is 0.358 e. The maximum atomic E-state index is 11.1. The van der Waals surface area contributed by atoms with Gasteiger partial charge in [-0.05, 0) is 6.42 Å². The van der Waals surface area contributed by atoms with Gasteiger partial charge in [-0.15, -0.1) is 5.10 Å². The maximum Gasteiger partial charge on any atom is 0.358 e. The van der Waals surface area contributed by atoms with E-state index in [0.717, 1.165) is 0 Å². The van der Waals surface area contributed by atoms with Crippen LogP contribution >= 0.6 is 0 Å². The summed E-state index contributed by atoms with van der Waals surface area (Å²) >= 11 is 0. The zero-order valence-electron chi connectivity index (χ0n) is 7.30.